The van der Waals surface area contributed by atoms with Crippen molar-refractivity contribution in [3.63, 3.8) is 0 Å². The molecule has 4 heterocycles. The molecule has 0 atom stereocenters. The lowest BCUT2D eigenvalue weighted by molar-refractivity contribution is 0.317. The first-order valence-corrected chi connectivity index (χ1v) is 10.3. The maximum Gasteiger partial charge on any atom is 0.319 e. The Bertz CT molecular complexity index is 758. The van der Waals surface area contributed by atoms with Gasteiger partial charge >= 0.3 is 8.48 Å². The number of hydrogen-bond donors (Lipinski definition) is 1. The molecule has 4 aliphatic heterocycles. The van der Waals surface area contributed by atoms with Crippen LogP contribution in [0.4, 0.5) is 0 Å². The predicted octanol–water partition coefficient (Wildman–Crippen LogP) is 1.78. The second-order valence-electron chi connectivity index (χ2n) is 5.82. The molecule has 4 aliphatic rings. The van der Waals surface area contributed by atoms with Crippen LogP contribution in [0.25, 0.3) is 0 Å². The predicted molar refractivity (Wildman–Crippen MR) is 91.6 cm³/mol. The first-order chi connectivity index (χ1) is 11.1. The highest BCUT2D eigenvalue weighted by Crippen LogP contribution is 2.33. The zero-order chi connectivity index (χ0) is 16.0. The zero-order valence-electron chi connectivity index (χ0n) is 13.3. The highest BCUT2D eigenvalue weighted by Gasteiger charge is 2.43. The van der Waals surface area contributed by atoms with Gasteiger partial charge in [0.1, 0.15) is 0 Å². The number of hydrazone groups is 2. The molecule has 0 aromatic rings. The van der Waals surface area contributed by atoms with Crippen LogP contribution in [0.2, 0.25) is 13.1 Å². The van der Waals surface area contributed by atoms with E-state index in [0.29, 0.717) is 0 Å². The van der Waals surface area contributed by atoms with Gasteiger partial charge in [-0.15, -0.1) is 0 Å². The molecule has 0 spiro atoms. The molecule has 0 saturated heterocycles. The molecule has 0 amide bonds. The molecule has 0 radical (unpaired) electrons. The fraction of sp³-hybridized carbons (Fsp3) is 0.200. The highest BCUT2D eigenvalue weighted by atomic mass is 28.4. The minimum atomic E-state index is -2.20. The van der Waals surface area contributed by atoms with Crippen LogP contribution in [0.1, 0.15) is 0 Å². The van der Waals surface area contributed by atoms with Crippen LogP contribution in [0.15, 0.2) is 70.7 Å². The summed E-state index contributed by atoms with van der Waals surface area (Å²) in [6.45, 7) is 4.23. The van der Waals surface area contributed by atoms with Crippen LogP contribution < -0.4 is 5.43 Å². The van der Waals surface area contributed by atoms with Crippen LogP contribution in [-0.2, 0) is 4.43 Å². The van der Waals surface area contributed by atoms with Crippen molar-refractivity contribution >= 4 is 20.2 Å². The van der Waals surface area contributed by atoms with Crippen molar-refractivity contribution in [2.75, 3.05) is 7.11 Å². The van der Waals surface area contributed by atoms with Crippen LogP contribution in [0.3, 0.4) is 0 Å². The lowest BCUT2D eigenvalue weighted by Gasteiger charge is -2.33. The van der Waals surface area contributed by atoms with Gasteiger partial charge in [-0.25, -0.2) is 4.67 Å². The maximum atomic E-state index is 5.79. The van der Waals surface area contributed by atoms with Gasteiger partial charge in [-0.05, 0) is 37.4 Å². The standard InChI is InChI=1S/C15H18N6OSi/c1-22-23(2,3)21-15(20-11-7-5-9-13(20)18-21)14-17-16-12-8-4-6-10-19(12)14/h4-11,17H,1-3H3/b15-14+. The molecule has 23 heavy (non-hydrogen) atoms. The molecule has 0 aromatic heterocycles. The van der Waals surface area contributed by atoms with Gasteiger partial charge in [0.15, 0.2) is 23.3 Å². The molecule has 118 valence electrons. The van der Waals surface area contributed by atoms with Crippen molar-refractivity contribution in [2.24, 2.45) is 10.2 Å². The Morgan fingerprint density at radius 3 is 2.43 bits per heavy atom. The third kappa shape index (κ3) is 2.06. The molecule has 8 heteroatoms. The Labute approximate surface area is 136 Å². The average molecular weight is 326 g/mol. The Morgan fingerprint density at radius 2 is 1.70 bits per heavy atom. The summed E-state index contributed by atoms with van der Waals surface area (Å²) < 4.78 is 7.80. The minimum Gasteiger partial charge on any atom is -0.401 e. The molecule has 0 aromatic carbocycles. The summed E-state index contributed by atoms with van der Waals surface area (Å²) in [6.07, 6.45) is 15.9. The monoisotopic (exact) mass is 326 g/mol. The van der Waals surface area contributed by atoms with Crippen LogP contribution >= 0.6 is 0 Å². The molecule has 0 bridgehead atoms. The number of fused-ring (bicyclic) bond motifs is 2. The summed E-state index contributed by atoms with van der Waals surface area (Å²) in [5.74, 6) is 3.53. The molecule has 4 rings (SSSR count). The molecular formula is C15H18N6OSi. The summed E-state index contributed by atoms with van der Waals surface area (Å²) in [7, 11) is -0.460. The van der Waals surface area contributed by atoms with Crippen LogP contribution in [0.5, 0.6) is 0 Å². The minimum absolute atomic E-state index is 0.858. The normalized spacial score (nSPS) is 24.7. The van der Waals surface area contributed by atoms with Gasteiger partial charge in [-0.2, -0.15) is 10.2 Å². The summed E-state index contributed by atoms with van der Waals surface area (Å²) in [5, 5.41) is 9.16. The molecule has 0 unspecified atom stereocenters. The summed E-state index contributed by atoms with van der Waals surface area (Å²) >= 11 is 0. The zero-order valence-corrected chi connectivity index (χ0v) is 14.3. The van der Waals surface area contributed by atoms with Crippen molar-refractivity contribution in [1.29, 1.82) is 0 Å². The second-order valence-corrected chi connectivity index (χ2v) is 9.54. The molecule has 1 N–H and O–H groups in total. The summed E-state index contributed by atoms with van der Waals surface area (Å²) in [6, 6.07) is 0. The Hall–Kier alpha value is -2.58. The van der Waals surface area contributed by atoms with E-state index in [-0.39, 0.29) is 0 Å². The van der Waals surface area contributed by atoms with Crippen molar-refractivity contribution in [1.82, 2.24) is 19.9 Å². The lowest BCUT2D eigenvalue weighted by Crippen LogP contribution is -2.48. The van der Waals surface area contributed by atoms with E-state index in [1.54, 1.807) is 7.11 Å². The first-order valence-electron chi connectivity index (χ1n) is 7.42. The van der Waals surface area contributed by atoms with Gasteiger partial charge in [0.05, 0.1) is 0 Å². The number of allylic oxidation sites excluding steroid dienone is 4. The Morgan fingerprint density at radius 1 is 1.00 bits per heavy atom. The third-order valence-corrected chi connectivity index (χ3v) is 6.38. The highest BCUT2D eigenvalue weighted by molar-refractivity contribution is 6.68. The van der Waals surface area contributed by atoms with Crippen molar-refractivity contribution in [3.05, 3.63) is 60.5 Å². The Balaban J connectivity index is 1.83. The van der Waals surface area contributed by atoms with E-state index in [1.807, 2.05) is 58.4 Å². The van der Waals surface area contributed by atoms with Gasteiger partial charge in [0.2, 0.25) is 0 Å². The van der Waals surface area contributed by atoms with Gasteiger partial charge in [0, 0.05) is 19.5 Å². The quantitative estimate of drug-likeness (QED) is 0.784. The van der Waals surface area contributed by atoms with E-state index in [9.17, 15) is 0 Å². The SMILES string of the molecule is CO[Si](C)(C)N1N=C2C=CC=CN2/C1=C1/NN=C2C=CC=CN21. The molecule has 0 fully saturated rings. The van der Waals surface area contributed by atoms with E-state index in [2.05, 4.69) is 28.5 Å². The maximum absolute atomic E-state index is 5.79. The van der Waals surface area contributed by atoms with E-state index in [4.69, 9.17) is 9.53 Å². The summed E-state index contributed by atoms with van der Waals surface area (Å²) in [4.78, 5) is 4.08. The molecular weight excluding hydrogens is 308 g/mol. The topological polar surface area (TPSA) is 55.7 Å². The van der Waals surface area contributed by atoms with E-state index in [1.165, 1.54) is 0 Å². The van der Waals surface area contributed by atoms with Crippen LogP contribution in [0, 0.1) is 0 Å². The van der Waals surface area contributed by atoms with Gasteiger partial charge in [0.25, 0.3) is 0 Å². The fourth-order valence-corrected chi connectivity index (χ4v) is 3.90. The van der Waals surface area contributed by atoms with E-state index >= 15 is 0 Å². The smallest absolute Gasteiger partial charge is 0.319 e. The molecule has 7 nitrogen and oxygen atoms in total. The van der Waals surface area contributed by atoms with Crippen molar-refractivity contribution < 1.29 is 4.43 Å². The lowest BCUT2D eigenvalue weighted by atomic mass is 10.3. The van der Waals surface area contributed by atoms with Gasteiger partial charge in [-0.3, -0.25) is 15.2 Å². The number of hydrogen-bond acceptors (Lipinski definition) is 7. The second kappa shape index (κ2) is 4.97. The molecule has 0 aliphatic carbocycles. The van der Waals surface area contributed by atoms with Crippen LogP contribution in [-0.4, -0.2) is 41.7 Å². The average Bonchev–Trinajstić information content (AvgIpc) is 3.16. The largest absolute Gasteiger partial charge is 0.401 e. The van der Waals surface area contributed by atoms with E-state index in [0.717, 1.165) is 23.3 Å². The number of rotatable bonds is 2. The molecule has 0 saturated carbocycles. The van der Waals surface area contributed by atoms with Gasteiger partial charge in [-0.1, -0.05) is 12.2 Å². The summed E-state index contributed by atoms with van der Waals surface area (Å²) in [5.41, 5.74) is 3.14. The first kappa shape index (κ1) is 14.0. The van der Waals surface area contributed by atoms with Crippen molar-refractivity contribution in [3.8, 4) is 0 Å². The Kier molecular flexibility index (Phi) is 3.03. The number of nitrogens with one attached hydrogen (secondary N) is 1. The van der Waals surface area contributed by atoms with E-state index < -0.39 is 8.48 Å². The van der Waals surface area contributed by atoms with Crippen molar-refractivity contribution in [2.45, 2.75) is 13.1 Å². The fourth-order valence-electron chi connectivity index (χ4n) is 2.66. The number of amidine groups is 2. The van der Waals surface area contributed by atoms with Gasteiger partial charge < -0.3 is 4.43 Å². The third-order valence-electron chi connectivity index (χ3n) is 4.05. The number of nitrogens with zero attached hydrogens (tertiary/aromatic N) is 5.